The van der Waals surface area contributed by atoms with Crippen molar-refractivity contribution in [3.63, 3.8) is 0 Å². The molecule has 5 heteroatoms. The number of nitrogens with one attached hydrogen (secondary N) is 1. The molecule has 1 unspecified atom stereocenters. The van der Waals surface area contributed by atoms with E-state index >= 15 is 0 Å². The summed E-state index contributed by atoms with van der Waals surface area (Å²) in [4.78, 5) is 20.7. The SMILES string of the molecule is CN=C(NCc1ccccc1CN1CCCC1=O)N1CCCC(C)C1. The maximum Gasteiger partial charge on any atom is 0.222 e. The van der Waals surface area contributed by atoms with Crippen LogP contribution in [-0.4, -0.2) is 48.3 Å². The minimum atomic E-state index is 0.279. The van der Waals surface area contributed by atoms with Crippen LogP contribution in [0.2, 0.25) is 0 Å². The Bertz CT molecular complexity index is 628. The minimum absolute atomic E-state index is 0.279. The molecule has 2 aliphatic heterocycles. The van der Waals surface area contributed by atoms with Crippen molar-refractivity contribution >= 4 is 11.9 Å². The molecule has 1 aromatic carbocycles. The number of likely N-dealkylation sites (tertiary alicyclic amines) is 2. The van der Waals surface area contributed by atoms with E-state index in [1.807, 2.05) is 11.9 Å². The Kier molecular flexibility index (Phi) is 5.95. The second kappa shape index (κ2) is 8.37. The molecule has 1 N–H and O–H groups in total. The molecule has 2 saturated heterocycles. The molecule has 136 valence electrons. The largest absolute Gasteiger partial charge is 0.352 e. The van der Waals surface area contributed by atoms with Gasteiger partial charge >= 0.3 is 0 Å². The molecule has 0 aromatic heterocycles. The second-order valence-electron chi connectivity index (χ2n) is 7.28. The first-order valence-electron chi connectivity index (χ1n) is 9.47. The Hall–Kier alpha value is -2.04. The number of aliphatic imine (C=N–C) groups is 1. The first-order valence-corrected chi connectivity index (χ1v) is 9.47. The number of carbonyl (C=O) groups is 1. The number of amides is 1. The van der Waals surface area contributed by atoms with E-state index < -0.39 is 0 Å². The third-order valence-electron chi connectivity index (χ3n) is 5.26. The summed E-state index contributed by atoms with van der Waals surface area (Å²) in [7, 11) is 1.86. The molecule has 0 aliphatic carbocycles. The molecule has 2 aliphatic rings. The quantitative estimate of drug-likeness (QED) is 0.676. The molecular formula is C20H30N4O. The van der Waals surface area contributed by atoms with Crippen molar-refractivity contribution < 1.29 is 4.79 Å². The van der Waals surface area contributed by atoms with Gasteiger partial charge in [0, 0.05) is 46.2 Å². The summed E-state index contributed by atoms with van der Waals surface area (Å²) in [5.41, 5.74) is 2.47. The Morgan fingerprint density at radius 2 is 2.04 bits per heavy atom. The van der Waals surface area contributed by atoms with Crippen molar-refractivity contribution in [1.82, 2.24) is 15.1 Å². The van der Waals surface area contributed by atoms with Gasteiger partial charge in [0.25, 0.3) is 0 Å². The Morgan fingerprint density at radius 3 is 2.72 bits per heavy atom. The van der Waals surface area contributed by atoms with E-state index in [-0.39, 0.29) is 5.91 Å². The van der Waals surface area contributed by atoms with Gasteiger partial charge in [0.2, 0.25) is 5.91 Å². The molecule has 0 bridgehead atoms. The molecule has 5 nitrogen and oxygen atoms in total. The number of carbonyl (C=O) groups excluding carboxylic acids is 1. The predicted molar refractivity (Wildman–Crippen MR) is 101 cm³/mol. The fraction of sp³-hybridized carbons (Fsp3) is 0.600. The lowest BCUT2D eigenvalue weighted by Gasteiger charge is -2.33. The van der Waals surface area contributed by atoms with Crippen LogP contribution in [0, 0.1) is 5.92 Å². The third-order valence-corrected chi connectivity index (χ3v) is 5.26. The Balaban J connectivity index is 1.63. The van der Waals surface area contributed by atoms with E-state index in [2.05, 4.69) is 46.4 Å². The zero-order chi connectivity index (χ0) is 17.6. The van der Waals surface area contributed by atoms with Crippen LogP contribution < -0.4 is 5.32 Å². The molecule has 1 aromatic rings. The highest BCUT2D eigenvalue weighted by Crippen LogP contribution is 2.18. The molecule has 25 heavy (non-hydrogen) atoms. The van der Waals surface area contributed by atoms with Crippen LogP contribution >= 0.6 is 0 Å². The fourth-order valence-electron chi connectivity index (χ4n) is 3.85. The van der Waals surface area contributed by atoms with Crippen molar-refractivity contribution in [2.24, 2.45) is 10.9 Å². The second-order valence-corrected chi connectivity index (χ2v) is 7.28. The first kappa shape index (κ1) is 17.8. The van der Waals surface area contributed by atoms with E-state index in [4.69, 9.17) is 0 Å². The molecule has 0 radical (unpaired) electrons. The maximum atomic E-state index is 11.9. The van der Waals surface area contributed by atoms with Crippen molar-refractivity contribution in [3.05, 3.63) is 35.4 Å². The monoisotopic (exact) mass is 342 g/mol. The lowest BCUT2D eigenvalue weighted by Crippen LogP contribution is -2.46. The lowest BCUT2D eigenvalue weighted by atomic mass is 10.0. The molecule has 0 saturated carbocycles. The number of benzene rings is 1. The third kappa shape index (κ3) is 4.53. The highest BCUT2D eigenvalue weighted by molar-refractivity contribution is 5.80. The van der Waals surface area contributed by atoms with Gasteiger partial charge in [-0.1, -0.05) is 31.2 Å². The number of hydrogen-bond acceptors (Lipinski definition) is 2. The molecule has 1 amide bonds. The molecule has 1 atom stereocenters. The highest BCUT2D eigenvalue weighted by atomic mass is 16.2. The van der Waals surface area contributed by atoms with Gasteiger partial charge < -0.3 is 15.1 Å². The number of piperidine rings is 1. The van der Waals surface area contributed by atoms with Gasteiger partial charge in [-0.05, 0) is 36.3 Å². The summed E-state index contributed by atoms with van der Waals surface area (Å²) in [6.07, 6.45) is 4.22. The average molecular weight is 342 g/mol. The number of rotatable bonds is 4. The summed E-state index contributed by atoms with van der Waals surface area (Å²) >= 11 is 0. The number of guanidine groups is 1. The molecular weight excluding hydrogens is 312 g/mol. The van der Waals surface area contributed by atoms with E-state index in [9.17, 15) is 4.79 Å². The van der Waals surface area contributed by atoms with Crippen LogP contribution in [0.4, 0.5) is 0 Å². The van der Waals surface area contributed by atoms with Gasteiger partial charge in [-0.15, -0.1) is 0 Å². The lowest BCUT2D eigenvalue weighted by molar-refractivity contribution is -0.128. The fourth-order valence-corrected chi connectivity index (χ4v) is 3.85. The first-order chi connectivity index (χ1) is 12.2. The van der Waals surface area contributed by atoms with Crippen molar-refractivity contribution in [2.75, 3.05) is 26.7 Å². The summed E-state index contributed by atoms with van der Waals surface area (Å²) in [5, 5.41) is 3.52. The van der Waals surface area contributed by atoms with E-state index in [0.717, 1.165) is 51.0 Å². The van der Waals surface area contributed by atoms with Crippen LogP contribution in [-0.2, 0) is 17.9 Å². The van der Waals surface area contributed by atoms with Crippen LogP contribution in [0.5, 0.6) is 0 Å². The van der Waals surface area contributed by atoms with Gasteiger partial charge in [-0.3, -0.25) is 9.79 Å². The van der Waals surface area contributed by atoms with Crippen LogP contribution in [0.3, 0.4) is 0 Å². The van der Waals surface area contributed by atoms with Gasteiger partial charge in [0.05, 0.1) is 0 Å². The van der Waals surface area contributed by atoms with Gasteiger partial charge in [-0.2, -0.15) is 0 Å². The average Bonchev–Trinajstić information content (AvgIpc) is 3.02. The zero-order valence-corrected chi connectivity index (χ0v) is 15.5. The van der Waals surface area contributed by atoms with Crippen LogP contribution in [0.15, 0.2) is 29.3 Å². The Labute approximate surface area is 151 Å². The Morgan fingerprint density at radius 1 is 1.24 bits per heavy atom. The minimum Gasteiger partial charge on any atom is -0.352 e. The van der Waals surface area contributed by atoms with Crippen LogP contribution in [0.25, 0.3) is 0 Å². The van der Waals surface area contributed by atoms with E-state index in [1.54, 1.807) is 0 Å². The summed E-state index contributed by atoms with van der Waals surface area (Å²) in [5.74, 6) is 1.99. The van der Waals surface area contributed by atoms with Crippen molar-refractivity contribution in [3.8, 4) is 0 Å². The summed E-state index contributed by atoms with van der Waals surface area (Å²) in [6.45, 7) is 6.80. The smallest absolute Gasteiger partial charge is 0.222 e. The summed E-state index contributed by atoms with van der Waals surface area (Å²) in [6, 6.07) is 8.40. The molecule has 2 fully saturated rings. The van der Waals surface area contributed by atoms with Crippen molar-refractivity contribution in [2.45, 2.75) is 45.7 Å². The number of hydrogen-bond donors (Lipinski definition) is 1. The zero-order valence-electron chi connectivity index (χ0n) is 15.5. The van der Waals surface area contributed by atoms with Gasteiger partial charge in [0.15, 0.2) is 5.96 Å². The van der Waals surface area contributed by atoms with E-state index in [0.29, 0.717) is 6.42 Å². The molecule has 2 heterocycles. The highest BCUT2D eigenvalue weighted by Gasteiger charge is 2.22. The van der Waals surface area contributed by atoms with Crippen molar-refractivity contribution in [1.29, 1.82) is 0 Å². The number of nitrogens with zero attached hydrogens (tertiary/aromatic N) is 3. The maximum absolute atomic E-state index is 11.9. The molecule has 3 rings (SSSR count). The van der Waals surface area contributed by atoms with Crippen LogP contribution in [0.1, 0.15) is 43.7 Å². The summed E-state index contributed by atoms with van der Waals surface area (Å²) < 4.78 is 0. The molecule has 0 spiro atoms. The topological polar surface area (TPSA) is 47.9 Å². The van der Waals surface area contributed by atoms with Gasteiger partial charge in [-0.25, -0.2) is 0 Å². The standard InChI is InChI=1S/C20H30N4O/c1-16-7-5-12-24(14-16)20(21-2)22-13-17-8-3-4-9-18(17)15-23-11-6-10-19(23)25/h3-4,8-9,16H,5-7,10-15H2,1-2H3,(H,21,22). The van der Waals surface area contributed by atoms with Gasteiger partial charge in [0.1, 0.15) is 0 Å². The predicted octanol–water partition coefficient (Wildman–Crippen LogP) is 2.62. The normalized spacial score (nSPS) is 21.8. The van der Waals surface area contributed by atoms with E-state index in [1.165, 1.54) is 24.0 Å².